The lowest BCUT2D eigenvalue weighted by atomic mass is 10.1. The predicted molar refractivity (Wildman–Crippen MR) is 105 cm³/mol. The highest BCUT2D eigenvalue weighted by Crippen LogP contribution is 2.19. The van der Waals surface area contributed by atoms with Gasteiger partial charge in [0.05, 0.1) is 19.4 Å². The summed E-state index contributed by atoms with van der Waals surface area (Å²) < 4.78 is 5.43. The number of furan rings is 1. The summed E-state index contributed by atoms with van der Waals surface area (Å²) in [6, 6.07) is 18.7. The van der Waals surface area contributed by atoms with Crippen LogP contribution in [0.3, 0.4) is 0 Å². The molecule has 0 spiro atoms. The number of anilines is 1. The number of carbonyl (C=O) groups excluding carboxylic acids is 1. The Bertz CT molecular complexity index is 875. The van der Waals surface area contributed by atoms with Crippen molar-refractivity contribution in [3.63, 3.8) is 0 Å². The van der Waals surface area contributed by atoms with Crippen LogP contribution in [0.5, 0.6) is 5.75 Å². The number of benzene rings is 2. The van der Waals surface area contributed by atoms with Crippen LogP contribution in [0.1, 0.15) is 23.8 Å². The van der Waals surface area contributed by atoms with Gasteiger partial charge in [0.15, 0.2) is 0 Å². The smallest absolute Gasteiger partial charge is 0.238 e. The quantitative estimate of drug-likeness (QED) is 0.629. The molecule has 0 aliphatic heterocycles. The van der Waals surface area contributed by atoms with Crippen molar-refractivity contribution in [2.24, 2.45) is 0 Å². The average molecular weight is 364 g/mol. The Morgan fingerprint density at radius 1 is 1.07 bits per heavy atom. The first-order chi connectivity index (χ1) is 13.1. The normalized spacial score (nSPS) is 10.9. The third kappa shape index (κ3) is 5.46. The number of rotatable bonds is 8. The molecule has 0 aliphatic rings. The first kappa shape index (κ1) is 18.7. The van der Waals surface area contributed by atoms with Gasteiger partial charge in [0.25, 0.3) is 0 Å². The van der Waals surface area contributed by atoms with Gasteiger partial charge < -0.3 is 14.8 Å². The zero-order chi connectivity index (χ0) is 19.1. The Hall–Kier alpha value is -3.05. The van der Waals surface area contributed by atoms with Crippen LogP contribution in [0.4, 0.5) is 5.69 Å². The van der Waals surface area contributed by atoms with Crippen molar-refractivity contribution in [2.45, 2.75) is 26.4 Å². The summed E-state index contributed by atoms with van der Waals surface area (Å²) in [6.07, 6.45) is 2.53. The highest BCUT2D eigenvalue weighted by molar-refractivity contribution is 5.92. The van der Waals surface area contributed by atoms with Crippen molar-refractivity contribution in [3.8, 4) is 5.75 Å². The van der Waals surface area contributed by atoms with Crippen LogP contribution in [0.25, 0.3) is 0 Å². The summed E-state index contributed by atoms with van der Waals surface area (Å²) in [6.45, 7) is 3.18. The van der Waals surface area contributed by atoms with E-state index >= 15 is 0 Å². The van der Waals surface area contributed by atoms with Crippen molar-refractivity contribution in [1.82, 2.24) is 4.90 Å². The van der Waals surface area contributed by atoms with Gasteiger partial charge in [-0.3, -0.25) is 9.69 Å². The second kappa shape index (κ2) is 9.05. The number of hydrogen-bond donors (Lipinski definition) is 2. The van der Waals surface area contributed by atoms with E-state index in [1.165, 1.54) is 5.56 Å². The Labute approximate surface area is 159 Å². The number of para-hydroxylation sites is 1. The van der Waals surface area contributed by atoms with Gasteiger partial charge in [-0.1, -0.05) is 37.3 Å². The number of hydrogen-bond acceptors (Lipinski definition) is 4. The second-order valence-electron chi connectivity index (χ2n) is 6.46. The van der Waals surface area contributed by atoms with E-state index in [4.69, 9.17) is 4.42 Å². The largest absolute Gasteiger partial charge is 0.508 e. The molecule has 1 heterocycles. The average Bonchev–Trinajstić information content (AvgIpc) is 3.16. The summed E-state index contributed by atoms with van der Waals surface area (Å²) >= 11 is 0. The van der Waals surface area contributed by atoms with Crippen LogP contribution < -0.4 is 5.32 Å². The van der Waals surface area contributed by atoms with Gasteiger partial charge in [-0.2, -0.15) is 0 Å². The SMILES string of the molecule is CCc1cccc(NC(=O)CN(Cc2ccco2)Cc2ccccc2O)c1. The highest BCUT2D eigenvalue weighted by Gasteiger charge is 2.15. The van der Waals surface area contributed by atoms with Crippen molar-refractivity contribution in [2.75, 3.05) is 11.9 Å². The number of phenolic OH excluding ortho intramolecular Hbond substituents is 1. The fourth-order valence-electron chi connectivity index (χ4n) is 2.95. The summed E-state index contributed by atoms with van der Waals surface area (Å²) in [4.78, 5) is 14.5. The van der Waals surface area contributed by atoms with Gasteiger partial charge in [0.2, 0.25) is 5.91 Å². The van der Waals surface area contributed by atoms with Gasteiger partial charge >= 0.3 is 0 Å². The first-order valence-corrected chi connectivity index (χ1v) is 9.04. The fraction of sp³-hybridized carbons (Fsp3) is 0.227. The third-order valence-electron chi connectivity index (χ3n) is 4.33. The summed E-state index contributed by atoms with van der Waals surface area (Å²) in [7, 11) is 0. The van der Waals surface area contributed by atoms with Gasteiger partial charge in [-0.25, -0.2) is 0 Å². The number of phenols is 1. The van der Waals surface area contributed by atoms with E-state index in [1.807, 2.05) is 53.4 Å². The summed E-state index contributed by atoms with van der Waals surface area (Å²) in [5.74, 6) is 0.884. The van der Waals surface area contributed by atoms with E-state index < -0.39 is 0 Å². The molecule has 0 bridgehead atoms. The monoisotopic (exact) mass is 364 g/mol. The zero-order valence-electron chi connectivity index (χ0n) is 15.4. The molecule has 0 saturated heterocycles. The zero-order valence-corrected chi connectivity index (χ0v) is 15.4. The molecular weight excluding hydrogens is 340 g/mol. The molecule has 1 amide bonds. The number of aromatic hydroxyl groups is 1. The predicted octanol–water partition coefficient (Wildman–Crippen LogP) is 4.19. The van der Waals surface area contributed by atoms with Gasteiger partial charge in [-0.05, 0) is 42.3 Å². The molecule has 0 radical (unpaired) electrons. The Morgan fingerprint density at radius 3 is 2.67 bits per heavy atom. The number of amides is 1. The number of aryl methyl sites for hydroxylation is 1. The van der Waals surface area contributed by atoms with E-state index in [1.54, 1.807) is 18.4 Å². The van der Waals surface area contributed by atoms with E-state index in [0.29, 0.717) is 13.1 Å². The Kier molecular flexibility index (Phi) is 6.28. The molecule has 140 valence electrons. The van der Waals surface area contributed by atoms with Crippen molar-refractivity contribution >= 4 is 11.6 Å². The maximum atomic E-state index is 12.6. The molecule has 5 nitrogen and oxygen atoms in total. The van der Waals surface area contributed by atoms with Crippen LogP contribution in [0, 0.1) is 0 Å². The molecule has 0 saturated carbocycles. The molecule has 5 heteroatoms. The fourth-order valence-corrected chi connectivity index (χ4v) is 2.95. The molecule has 27 heavy (non-hydrogen) atoms. The molecule has 3 aromatic rings. The van der Waals surface area contributed by atoms with Crippen LogP contribution in [-0.4, -0.2) is 22.5 Å². The van der Waals surface area contributed by atoms with Crippen molar-refractivity contribution in [1.29, 1.82) is 0 Å². The van der Waals surface area contributed by atoms with E-state index in [0.717, 1.165) is 23.4 Å². The standard InChI is InChI=1S/C22H24N2O3/c1-2-17-7-5-9-19(13-17)23-22(26)16-24(15-20-10-6-12-27-20)14-18-8-3-4-11-21(18)25/h3-13,25H,2,14-16H2,1H3,(H,23,26). The molecule has 3 rings (SSSR count). The van der Waals surface area contributed by atoms with Crippen LogP contribution in [-0.2, 0) is 24.3 Å². The van der Waals surface area contributed by atoms with E-state index in [2.05, 4.69) is 12.2 Å². The van der Waals surface area contributed by atoms with Crippen molar-refractivity contribution < 1.29 is 14.3 Å². The Balaban J connectivity index is 1.69. The molecule has 0 unspecified atom stereocenters. The van der Waals surface area contributed by atoms with Crippen LogP contribution in [0.2, 0.25) is 0 Å². The maximum Gasteiger partial charge on any atom is 0.238 e. The van der Waals surface area contributed by atoms with Crippen molar-refractivity contribution in [3.05, 3.63) is 83.8 Å². The highest BCUT2D eigenvalue weighted by atomic mass is 16.3. The van der Waals surface area contributed by atoms with Gasteiger partial charge in [0, 0.05) is 17.8 Å². The molecule has 0 atom stereocenters. The van der Waals surface area contributed by atoms with E-state index in [-0.39, 0.29) is 18.2 Å². The maximum absolute atomic E-state index is 12.6. The molecule has 0 aliphatic carbocycles. The lowest BCUT2D eigenvalue weighted by molar-refractivity contribution is -0.117. The lowest BCUT2D eigenvalue weighted by Gasteiger charge is -2.21. The molecule has 0 fully saturated rings. The summed E-state index contributed by atoms with van der Waals surface area (Å²) in [5, 5.41) is 13.0. The molecule has 2 N–H and O–H groups in total. The third-order valence-corrected chi connectivity index (χ3v) is 4.33. The lowest BCUT2D eigenvalue weighted by Crippen LogP contribution is -2.32. The molecule has 1 aromatic heterocycles. The topological polar surface area (TPSA) is 65.7 Å². The minimum atomic E-state index is -0.106. The first-order valence-electron chi connectivity index (χ1n) is 9.04. The van der Waals surface area contributed by atoms with Gasteiger partial charge in [0.1, 0.15) is 11.5 Å². The number of nitrogens with zero attached hydrogens (tertiary/aromatic N) is 1. The number of carbonyl (C=O) groups is 1. The van der Waals surface area contributed by atoms with E-state index in [9.17, 15) is 9.90 Å². The second-order valence-corrected chi connectivity index (χ2v) is 6.46. The Morgan fingerprint density at radius 2 is 1.93 bits per heavy atom. The van der Waals surface area contributed by atoms with Gasteiger partial charge in [-0.15, -0.1) is 0 Å². The van der Waals surface area contributed by atoms with Crippen LogP contribution >= 0.6 is 0 Å². The minimum Gasteiger partial charge on any atom is -0.508 e. The number of nitrogens with one attached hydrogen (secondary N) is 1. The molecule has 2 aromatic carbocycles. The molecular formula is C22H24N2O3. The summed E-state index contributed by atoms with van der Waals surface area (Å²) in [5.41, 5.74) is 2.74. The minimum absolute atomic E-state index is 0.106. The van der Waals surface area contributed by atoms with Crippen LogP contribution in [0.15, 0.2) is 71.3 Å².